The highest BCUT2D eigenvalue weighted by molar-refractivity contribution is 6.30. The molecule has 1 aliphatic rings. The Morgan fingerprint density at radius 2 is 2.00 bits per heavy atom. The van der Waals surface area contributed by atoms with Crippen molar-refractivity contribution in [2.45, 2.75) is 31.8 Å². The van der Waals surface area contributed by atoms with Gasteiger partial charge in [0, 0.05) is 17.6 Å². The summed E-state index contributed by atoms with van der Waals surface area (Å²) in [6, 6.07) is 8.94. The maximum absolute atomic E-state index is 5.85. The first-order valence-electron chi connectivity index (χ1n) is 6.84. The van der Waals surface area contributed by atoms with Crippen LogP contribution >= 0.6 is 11.6 Å². The van der Waals surface area contributed by atoms with E-state index in [2.05, 4.69) is 20.8 Å². The van der Waals surface area contributed by atoms with Crippen LogP contribution in [0.15, 0.2) is 28.7 Å². The minimum atomic E-state index is 0.478. The van der Waals surface area contributed by atoms with Gasteiger partial charge < -0.3 is 15.1 Å². The average Bonchev–Trinajstić information content (AvgIpc) is 3.18. The molecule has 2 N–H and O–H groups in total. The zero-order valence-corrected chi connectivity index (χ0v) is 11.9. The van der Waals surface area contributed by atoms with Gasteiger partial charge in [-0.1, -0.05) is 28.8 Å². The van der Waals surface area contributed by atoms with E-state index in [0.29, 0.717) is 24.5 Å². The van der Waals surface area contributed by atoms with E-state index in [1.165, 1.54) is 18.4 Å². The Kier molecular flexibility index (Phi) is 4.18. The third-order valence-corrected chi connectivity index (χ3v) is 3.44. The summed E-state index contributed by atoms with van der Waals surface area (Å²) in [4.78, 5) is 0. The Hall–Kier alpha value is -1.59. The lowest BCUT2D eigenvalue weighted by atomic mass is 10.1. The largest absolute Gasteiger partial charge is 0.407 e. The Bertz CT molecular complexity index is 551. The summed E-state index contributed by atoms with van der Waals surface area (Å²) in [6.07, 6.45) is 3.38. The minimum absolute atomic E-state index is 0.478. The monoisotopic (exact) mass is 292 g/mol. The van der Waals surface area contributed by atoms with E-state index in [0.717, 1.165) is 18.0 Å². The molecular weight excluding hydrogens is 276 g/mol. The molecule has 0 unspecified atom stereocenters. The molecule has 1 aromatic heterocycles. The lowest BCUT2D eigenvalue weighted by Gasteiger charge is -2.02. The first kappa shape index (κ1) is 13.4. The highest BCUT2D eigenvalue weighted by Gasteiger charge is 2.21. The molecule has 20 heavy (non-hydrogen) atoms. The summed E-state index contributed by atoms with van der Waals surface area (Å²) in [6.45, 7) is 1.40. The number of anilines is 1. The fourth-order valence-electron chi connectivity index (χ4n) is 1.88. The van der Waals surface area contributed by atoms with Crippen molar-refractivity contribution in [3.05, 3.63) is 40.7 Å². The molecule has 2 aromatic rings. The summed E-state index contributed by atoms with van der Waals surface area (Å²) < 4.78 is 5.50. The molecule has 5 nitrogen and oxygen atoms in total. The highest BCUT2D eigenvalue weighted by Crippen LogP contribution is 2.19. The van der Waals surface area contributed by atoms with Crippen molar-refractivity contribution in [2.75, 3.05) is 11.9 Å². The molecule has 0 spiro atoms. The molecule has 1 aromatic carbocycles. The van der Waals surface area contributed by atoms with Crippen LogP contribution in [0.5, 0.6) is 0 Å². The van der Waals surface area contributed by atoms with E-state index in [4.69, 9.17) is 16.0 Å². The van der Waals surface area contributed by atoms with E-state index in [9.17, 15) is 0 Å². The third-order valence-electron chi connectivity index (χ3n) is 3.19. The molecular formula is C14H17ClN4O. The SMILES string of the molecule is Clc1ccc(CCNc2nnc(CNC3CC3)o2)cc1. The van der Waals surface area contributed by atoms with Crippen LogP contribution in [-0.4, -0.2) is 22.8 Å². The van der Waals surface area contributed by atoms with Gasteiger partial charge >= 0.3 is 6.01 Å². The van der Waals surface area contributed by atoms with Crippen molar-refractivity contribution in [3.63, 3.8) is 0 Å². The number of hydrogen-bond acceptors (Lipinski definition) is 5. The van der Waals surface area contributed by atoms with E-state index in [1.807, 2.05) is 24.3 Å². The maximum Gasteiger partial charge on any atom is 0.315 e. The molecule has 0 amide bonds. The smallest absolute Gasteiger partial charge is 0.315 e. The minimum Gasteiger partial charge on any atom is -0.407 e. The van der Waals surface area contributed by atoms with E-state index in [-0.39, 0.29) is 0 Å². The average molecular weight is 293 g/mol. The number of hydrogen-bond donors (Lipinski definition) is 2. The van der Waals surface area contributed by atoms with Crippen molar-refractivity contribution in [2.24, 2.45) is 0 Å². The van der Waals surface area contributed by atoms with Crippen LogP contribution in [0.3, 0.4) is 0 Å². The van der Waals surface area contributed by atoms with Crippen LogP contribution in [0.2, 0.25) is 5.02 Å². The Balaban J connectivity index is 1.42. The van der Waals surface area contributed by atoms with Crippen molar-refractivity contribution in [1.29, 1.82) is 0 Å². The van der Waals surface area contributed by atoms with Crippen LogP contribution in [0.4, 0.5) is 6.01 Å². The molecule has 1 heterocycles. The predicted octanol–water partition coefficient (Wildman–Crippen LogP) is 2.63. The standard InChI is InChI=1S/C14H17ClN4O/c15-11-3-1-10(2-4-11)7-8-16-14-19-18-13(20-14)9-17-12-5-6-12/h1-4,12,17H,5-9H2,(H,16,19). The van der Waals surface area contributed by atoms with Crippen molar-refractivity contribution in [1.82, 2.24) is 15.5 Å². The highest BCUT2D eigenvalue weighted by atomic mass is 35.5. The van der Waals surface area contributed by atoms with E-state index < -0.39 is 0 Å². The van der Waals surface area contributed by atoms with Crippen LogP contribution in [0.25, 0.3) is 0 Å². The number of aromatic nitrogens is 2. The van der Waals surface area contributed by atoms with Gasteiger partial charge in [0.15, 0.2) is 0 Å². The molecule has 3 rings (SSSR count). The first-order valence-corrected chi connectivity index (χ1v) is 7.21. The predicted molar refractivity (Wildman–Crippen MR) is 77.8 cm³/mol. The van der Waals surface area contributed by atoms with Crippen LogP contribution in [0.1, 0.15) is 24.3 Å². The molecule has 0 atom stereocenters. The number of halogens is 1. The maximum atomic E-state index is 5.85. The van der Waals surface area contributed by atoms with Gasteiger partial charge in [0.25, 0.3) is 0 Å². The zero-order chi connectivity index (χ0) is 13.8. The van der Waals surface area contributed by atoms with Crippen LogP contribution < -0.4 is 10.6 Å². The molecule has 6 heteroatoms. The van der Waals surface area contributed by atoms with Crippen molar-refractivity contribution >= 4 is 17.6 Å². The van der Waals surface area contributed by atoms with Crippen LogP contribution in [-0.2, 0) is 13.0 Å². The van der Waals surface area contributed by atoms with Gasteiger partial charge in [0.2, 0.25) is 5.89 Å². The van der Waals surface area contributed by atoms with Crippen LogP contribution in [0, 0.1) is 0 Å². The molecule has 1 saturated carbocycles. The molecule has 1 fully saturated rings. The fourth-order valence-corrected chi connectivity index (χ4v) is 2.01. The molecule has 0 saturated heterocycles. The number of rotatable bonds is 7. The second-order valence-corrected chi connectivity index (χ2v) is 5.40. The fraction of sp³-hybridized carbons (Fsp3) is 0.429. The molecule has 0 radical (unpaired) electrons. The summed E-state index contributed by atoms with van der Waals surface area (Å²) in [5.41, 5.74) is 1.22. The van der Waals surface area contributed by atoms with Crippen molar-refractivity contribution < 1.29 is 4.42 Å². The lowest BCUT2D eigenvalue weighted by Crippen LogP contribution is -2.15. The summed E-state index contributed by atoms with van der Waals surface area (Å²) in [7, 11) is 0. The molecule has 0 bridgehead atoms. The van der Waals surface area contributed by atoms with Gasteiger partial charge in [0.1, 0.15) is 0 Å². The second-order valence-electron chi connectivity index (χ2n) is 4.96. The molecule has 0 aliphatic heterocycles. The molecule has 1 aliphatic carbocycles. The normalized spacial score (nSPS) is 14.4. The second kappa shape index (κ2) is 6.24. The Morgan fingerprint density at radius 3 is 2.75 bits per heavy atom. The Labute approximate surface area is 122 Å². The topological polar surface area (TPSA) is 63.0 Å². The first-order chi connectivity index (χ1) is 9.79. The third kappa shape index (κ3) is 3.95. The van der Waals surface area contributed by atoms with Gasteiger partial charge in [-0.3, -0.25) is 0 Å². The van der Waals surface area contributed by atoms with Gasteiger partial charge in [-0.05, 0) is 37.0 Å². The number of benzene rings is 1. The summed E-state index contributed by atoms with van der Waals surface area (Å²) in [5.74, 6) is 0.630. The Morgan fingerprint density at radius 1 is 1.20 bits per heavy atom. The van der Waals surface area contributed by atoms with Gasteiger partial charge in [-0.2, -0.15) is 0 Å². The number of nitrogens with one attached hydrogen (secondary N) is 2. The van der Waals surface area contributed by atoms with Crippen molar-refractivity contribution in [3.8, 4) is 0 Å². The summed E-state index contributed by atoms with van der Waals surface area (Å²) >= 11 is 5.85. The van der Waals surface area contributed by atoms with Gasteiger partial charge in [-0.15, -0.1) is 5.10 Å². The van der Waals surface area contributed by atoms with Gasteiger partial charge in [0.05, 0.1) is 6.54 Å². The lowest BCUT2D eigenvalue weighted by molar-refractivity contribution is 0.476. The quantitative estimate of drug-likeness (QED) is 0.821. The number of nitrogens with zero attached hydrogens (tertiary/aromatic N) is 2. The van der Waals surface area contributed by atoms with Gasteiger partial charge in [-0.25, -0.2) is 0 Å². The van der Waals surface area contributed by atoms with E-state index >= 15 is 0 Å². The molecule has 106 valence electrons. The van der Waals surface area contributed by atoms with E-state index in [1.54, 1.807) is 0 Å². The summed E-state index contributed by atoms with van der Waals surface area (Å²) in [5, 5.41) is 15.2. The zero-order valence-electron chi connectivity index (χ0n) is 11.1.